The molecule has 3 aromatic rings. The Morgan fingerprint density at radius 2 is 1.90 bits per heavy atom. The Bertz CT molecular complexity index is 1060. The Morgan fingerprint density at radius 3 is 2.62 bits per heavy atom. The van der Waals surface area contributed by atoms with Gasteiger partial charge in [-0.3, -0.25) is 4.79 Å². The number of ether oxygens (including phenoxy) is 2. The second kappa shape index (κ2) is 7.95. The molecule has 1 aliphatic heterocycles. The normalized spacial score (nSPS) is 13.6. The highest BCUT2D eigenvalue weighted by Crippen LogP contribution is 2.35. The van der Waals surface area contributed by atoms with E-state index in [2.05, 4.69) is 15.3 Å². The van der Waals surface area contributed by atoms with E-state index in [1.807, 2.05) is 36.1 Å². The van der Waals surface area contributed by atoms with Crippen LogP contribution in [0, 0.1) is 6.92 Å². The van der Waals surface area contributed by atoms with Gasteiger partial charge in [-0.1, -0.05) is 0 Å². The lowest BCUT2D eigenvalue weighted by Crippen LogP contribution is -2.28. The zero-order valence-corrected chi connectivity index (χ0v) is 16.9. The second-order valence-corrected chi connectivity index (χ2v) is 7.06. The molecule has 1 amide bonds. The van der Waals surface area contributed by atoms with Gasteiger partial charge in [0.05, 0.1) is 31.2 Å². The van der Waals surface area contributed by atoms with Crippen LogP contribution >= 0.6 is 0 Å². The summed E-state index contributed by atoms with van der Waals surface area (Å²) in [5.41, 5.74) is 3.41. The monoisotopic (exact) mass is 392 g/mol. The summed E-state index contributed by atoms with van der Waals surface area (Å²) >= 11 is 0. The molecule has 3 heterocycles. The van der Waals surface area contributed by atoms with Crippen LogP contribution in [0.25, 0.3) is 11.0 Å². The van der Waals surface area contributed by atoms with Gasteiger partial charge in [-0.05, 0) is 44.0 Å². The number of rotatable bonds is 5. The van der Waals surface area contributed by atoms with Crippen LogP contribution in [0.3, 0.4) is 0 Å². The Labute approximate surface area is 169 Å². The number of carbonyl (C=O) groups excluding carboxylic acids is 1. The number of nitrogens with one attached hydrogen (secondary N) is 1. The highest BCUT2D eigenvalue weighted by atomic mass is 16.5. The lowest BCUT2D eigenvalue weighted by atomic mass is 10.1. The van der Waals surface area contributed by atoms with Crippen molar-refractivity contribution < 1.29 is 14.3 Å². The van der Waals surface area contributed by atoms with E-state index < -0.39 is 0 Å². The SMILES string of the molecule is COc1ccc(Nc2c(C(=O)N3CCCC3)cnc3nc(C)ccc23)c(OC)c1. The summed E-state index contributed by atoms with van der Waals surface area (Å²) in [6.07, 6.45) is 3.68. The van der Waals surface area contributed by atoms with Gasteiger partial charge in [-0.15, -0.1) is 0 Å². The predicted octanol–water partition coefficient (Wildman–Crippen LogP) is 3.94. The van der Waals surface area contributed by atoms with Gasteiger partial charge in [0.25, 0.3) is 5.91 Å². The quantitative estimate of drug-likeness (QED) is 0.709. The molecule has 0 aliphatic carbocycles. The van der Waals surface area contributed by atoms with Gasteiger partial charge in [-0.2, -0.15) is 0 Å². The second-order valence-electron chi connectivity index (χ2n) is 7.06. The van der Waals surface area contributed by atoms with Gasteiger partial charge in [0.2, 0.25) is 0 Å². The smallest absolute Gasteiger partial charge is 0.257 e. The third kappa shape index (κ3) is 3.68. The summed E-state index contributed by atoms with van der Waals surface area (Å²) in [6.45, 7) is 3.46. The minimum atomic E-state index is -0.0209. The molecule has 0 radical (unpaired) electrons. The maximum Gasteiger partial charge on any atom is 0.257 e. The van der Waals surface area contributed by atoms with Crippen LogP contribution in [0.5, 0.6) is 11.5 Å². The predicted molar refractivity (Wildman–Crippen MR) is 112 cm³/mol. The molecule has 0 unspecified atom stereocenters. The maximum atomic E-state index is 13.2. The first-order valence-corrected chi connectivity index (χ1v) is 9.65. The number of anilines is 2. The van der Waals surface area contributed by atoms with E-state index in [0.29, 0.717) is 28.4 Å². The average Bonchev–Trinajstić information content (AvgIpc) is 3.28. The first-order valence-electron chi connectivity index (χ1n) is 9.65. The van der Waals surface area contributed by atoms with Gasteiger partial charge in [0.15, 0.2) is 5.65 Å². The molecule has 0 spiro atoms. The van der Waals surface area contributed by atoms with Crippen molar-refractivity contribution in [3.63, 3.8) is 0 Å². The molecule has 0 atom stereocenters. The van der Waals surface area contributed by atoms with E-state index >= 15 is 0 Å². The first-order chi connectivity index (χ1) is 14.1. The van der Waals surface area contributed by atoms with Crippen LogP contribution in [0.4, 0.5) is 11.4 Å². The molecule has 0 bridgehead atoms. The number of hydrogen-bond donors (Lipinski definition) is 1. The topological polar surface area (TPSA) is 76.6 Å². The van der Waals surface area contributed by atoms with Crippen molar-refractivity contribution in [2.45, 2.75) is 19.8 Å². The number of hydrogen-bond acceptors (Lipinski definition) is 6. The maximum absolute atomic E-state index is 13.2. The summed E-state index contributed by atoms with van der Waals surface area (Å²) < 4.78 is 10.8. The van der Waals surface area contributed by atoms with Gasteiger partial charge in [0, 0.05) is 36.4 Å². The zero-order chi connectivity index (χ0) is 20.4. The van der Waals surface area contributed by atoms with Crippen LogP contribution < -0.4 is 14.8 Å². The number of amides is 1. The molecule has 150 valence electrons. The van der Waals surface area contributed by atoms with E-state index in [1.54, 1.807) is 26.5 Å². The first kappa shape index (κ1) is 19.0. The molecule has 1 fully saturated rings. The highest BCUT2D eigenvalue weighted by molar-refractivity contribution is 6.07. The number of aryl methyl sites for hydroxylation is 1. The van der Waals surface area contributed by atoms with Crippen molar-refractivity contribution in [1.29, 1.82) is 0 Å². The molecule has 4 rings (SSSR count). The van der Waals surface area contributed by atoms with E-state index in [9.17, 15) is 4.79 Å². The van der Waals surface area contributed by atoms with Gasteiger partial charge in [-0.25, -0.2) is 9.97 Å². The van der Waals surface area contributed by atoms with Crippen molar-refractivity contribution in [1.82, 2.24) is 14.9 Å². The van der Waals surface area contributed by atoms with E-state index in [4.69, 9.17) is 9.47 Å². The minimum Gasteiger partial charge on any atom is -0.497 e. The van der Waals surface area contributed by atoms with Gasteiger partial charge >= 0.3 is 0 Å². The number of nitrogens with zero attached hydrogens (tertiary/aromatic N) is 3. The van der Waals surface area contributed by atoms with E-state index in [0.717, 1.165) is 42.7 Å². The Kier molecular flexibility index (Phi) is 5.20. The number of carbonyl (C=O) groups is 1. The van der Waals surface area contributed by atoms with Crippen molar-refractivity contribution in [3.05, 3.63) is 47.8 Å². The molecule has 7 nitrogen and oxygen atoms in total. The van der Waals surface area contributed by atoms with Gasteiger partial charge in [0.1, 0.15) is 11.5 Å². The summed E-state index contributed by atoms with van der Waals surface area (Å²) in [6, 6.07) is 9.39. The third-order valence-corrected chi connectivity index (χ3v) is 5.16. The molecular formula is C22H24N4O3. The third-order valence-electron chi connectivity index (χ3n) is 5.16. The minimum absolute atomic E-state index is 0.0209. The molecule has 1 aliphatic rings. The Balaban J connectivity index is 1.84. The van der Waals surface area contributed by atoms with E-state index in [1.165, 1.54) is 0 Å². The molecule has 7 heteroatoms. The van der Waals surface area contributed by atoms with Crippen molar-refractivity contribution in [2.75, 3.05) is 32.6 Å². The van der Waals surface area contributed by atoms with Crippen LogP contribution in [0.1, 0.15) is 28.9 Å². The van der Waals surface area contributed by atoms with Crippen molar-refractivity contribution in [2.24, 2.45) is 0 Å². The standard InChI is InChI=1S/C22H24N4O3/c1-14-6-8-16-20(25-18-9-7-15(28-2)12-19(18)29-3)17(13-23-21(16)24-14)22(27)26-10-4-5-11-26/h6-9,12-13H,4-5,10-11H2,1-3H3,(H,23,24,25). The van der Waals surface area contributed by atoms with E-state index in [-0.39, 0.29) is 5.91 Å². The molecule has 1 N–H and O–H groups in total. The highest BCUT2D eigenvalue weighted by Gasteiger charge is 2.24. The number of benzene rings is 1. The summed E-state index contributed by atoms with van der Waals surface area (Å²) in [5.74, 6) is 1.29. The molecule has 2 aromatic heterocycles. The fourth-order valence-corrected chi connectivity index (χ4v) is 3.60. The van der Waals surface area contributed by atoms with Gasteiger partial charge < -0.3 is 19.7 Å². The zero-order valence-electron chi connectivity index (χ0n) is 16.9. The number of pyridine rings is 2. The lowest BCUT2D eigenvalue weighted by molar-refractivity contribution is 0.0793. The Morgan fingerprint density at radius 1 is 1.10 bits per heavy atom. The molecule has 1 aromatic carbocycles. The van der Waals surface area contributed by atoms with Crippen LogP contribution in [-0.2, 0) is 0 Å². The van der Waals surface area contributed by atoms with Crippen molar-refractivity contribution in [3.8, 4) is 11.5 Å². The summed E-state index contributed by atoms with van der Waals surface area (Å²) in [7, 11) is 3.21. The molecular weight excluding hydrogens is 368 g/mol. The molecule has 1 saturated heterocycles. The summed E-state index contributed by atoms with van der Waals surface area (Å²) in [4.78, 5) is 24.0. The van der Waals surface area contributed by atoms with Crippen LogP contribution in [0.2, 0.25) is 0 Å². The van der Waals surface area contributed by atoms with Crippen LogP contribution in [0.15, 0.2) is 36.5 Å². The van der Waals surface area contributed by atoms with Crippen molar-refractivity contribution >= 4 is 28.3 Å². The average molecular weight is 392 g/mol. The van der Waals surface area contributed by atoms with Crippen LogP contribution in [-0.4, -0.2) is 48.1 Å². The lowest BCUT2D eigenvalue weighted by Gasteiger charge is -2.20. The fourth-order valence-electron chi connectivity index (χ4n) is 3.60. The molecule has 29 heavy (non-hydrogen) atoms. The molecule has 0 saturated carbocycles. The fraction of sp³-hybridized carbons (Fsp3) is 0.318. The number of likely N-dealkylation sites (tertiary alicyclic amines) is 1. The summed E-state index contributed by atoms with van der Waals surface area (Å²) in [5, 5.41) is 4.19. The number of methoxy groups -OCH3 is 2. The number of aromatic nitrogens is 2. The Hall–Kier alpha value is -3.35. The largest absolute Gasteiger partial charge is 0.497 e. The number of fused-ring (bicyclic) bond motifs is 1.